The largest absolute Gasteiger partial charge is 0.504 e. The Kier molecular flexibility index (Phi) is 4.96. The molecule has 0 saturated carbocycles. The molecule has 1 unspecified atom stereocenters. The van der Waals surface area contributed by atoms with E-state index in [-0.39, 0.29) is 41.6 Å². The van der Waals surface area contributed by atoms with Crippen LogP contribution < -0.4 is 19.6 Å². The Morgan fingerprint density at radius 1 is 1.06 bits per heavy atom. The quantitative estimate of drug-likeness (QED) is 0.402. The van der Waals surface area contributed by atoms with E-state index in [0.717, 1.165) is 10.0 Å². The van der Waals surface area contributed by atoms with Crippen molar-refractivity contribution in [2.75, 3.05) is 13.9 Å². The third kappa shape index (κ3) is 3.42. The lowest BCUT2D eigenvalue weighted by molar-refractivity contribution is 0.0714. The van der Waals surface area contributed by atoms with Crippen LogP contribution in [-0.4, -0.2) is 29.8 Å². The summed E-state index contributed by atoms with van der Waals surface area (Å²) < 4.78 is 22.9. The summed E-state index contributed by atoms with van der Waals surface area (Å²) in [4.78, 5) is 28.9. The van der Waals surface area contributed by atoms with Crippen LogP contribution in [0, 0.1) is 0 Å². The summed E-state index contributed by atoms with van der Waals surface area (Å²) in [7, 11) is 1.44. The van der Waals surface area contributed by atoms with Crippen LogP contribution in [0.2, 0.25) is 0 Å². The van der Waals surface area contributed by atoms with Crippen molar-refractivity contribution in [1.29, 1.82) is 0 Å². The minimum atomic E-state index is -0.753. The van der Waals surface area contributed by atoms with Gasteiger partial charge in [-0.25, -0.2) is 0 Å². The molecule has 0 bridgehead atoms. The number of carbonyl (C=O) groups excluding carboxylic acids is 1. The molecule has 0 radical (unpaired) electrons. The van der Waals surface area contributed by atoms with E-state index >= 15 is 0 Å². The van der Waals surface area contributed by atoms with Gasteiger partial charge in [-0.1, -0.05) is 28.1 Å². The predicted molar refractivity (Wildman–Crippen MR) is 129 cm³/mol. The summed E-state index contributed by atoms with van der Waals surface area (Å²) in [6.07, 6.45) is 0. The molecular weight excluding hydrogens is 518 g/mol. The molecule has 1 aromatic heterocycles. The van der Waals surface area contributed by atoms with Crippen molar-refractivity contribution < 1.29 is 28.5 Å². The number of fused-ring (bicyclic) bond motifs is 3. The lowest BCUT2D eigenvalue weighted by Crippen LogP contribution is -2.29. The van der Waals surface area contributed by atoms with Gasteiger partial charge in [-0.3, -0.25) is 9.59 Å². The Labute approximate surface area is 207 Å². The highest BCUT2D eigenvalue weighted by Gasteiger charge is 2.43. The molecule has 2 aliphatic rings. The number of aromatic hydroxyl groups is 1. The van der Waals surface area contributed by atoms with Gasteiger partial charge in [0.15, 0.2) is 28.4 Å². The van der Waals surface area contributed by atoms with Gasteiger partial charge in [0.1, 0.15) is 5.58 Å². The number of benzene rings is 3. The molecule has 4 aromatic rings. The highest BCUT2D eigenvalue weighted by molar-refractivity contribution is 9.10. The van der Waals surface area contributed by atoms with Gasteiger partial charge in [0, 0.05) is 11.0 Å². The van der Waals surface area contributed by atoms with Crippen LogP contribution in [0.4, 0.5) is 0 Å². The topological polar surface area (TPSA) is 98.4 Å². The summed E-state index contributed by atoms with van der Waals surface area (Å²) >= 11 is 3.40. The SMILES string of the molecule is COc1cc(C2c3c(oc4ccc(Br)cc4c3=O)C(=O)N2Cc2ccc3c(c2)OCO3)ccc1O. The van der Waals surface area contributed by atoms with Crippen LogP contribution in [0.1, 0.15) is 33.3 Å². The molecule has 3 heterocycles. The predicted octanol–water partition coefficient (Wildman–Crippen LogP) is 4.74. The molecular formula is C26H18BrNO7. The first-order valence-electron chi connectivity index (χ1n) is 10.8. The van der Waals surface area contributed by atoms with Crippen molar-refractivity contribution in [2.24, 2.45) is 0 Å². The van der Waals surface area contributed by atoms with E-state index in [1.165, 1.54) is 13.2 Å². The van der Waals surface area contributed by atoms with Gasteiger partial charge in [0.25, 0.3) is 5.91 Å². The van der Waals surface area contributed by atoms with E-state index in [4.69, 9.17) is 18.6 Å². The van der Waals surface area contributed by atoms with Crippen molar-refractivity contribution in [3.8, 4) is 23.0 Å². The maximum atomic E-state index is 13.7. The van der Waals surface area contributed by atoms with E-state index < -0.39 is 11.9 Å². The minimum Gasteiger partial charge on any atom is -0.504 e. The van der Waals surface area contributed by atoms with Crippen LogP contribution in [0.3, 0.4) is 0 Å². The minimum absolute atomic E-state index is 0.00241. The maximum Gasteiger partial charge on any atom is 0.291 e. The zero-order valence-corrected chi connectivity index (χ0v) is 20.0. The first-order chi connectivity index (χ1) is 16.9. The number of ether oxygens (including phenoxy) is 3. The zero-order valence-electron chi connectivity index (χ0n) is 18.4. The summed E-state index contributed by atoms with van der Waals surface area (Å²) in [5, 5.41) is 10.5. The second-order valence-corrected chi connectivity index (χ2v) is 9.18. The van der Waals surface area contributed by atoms with Crippen molar-refractivity contribution in [3.05, 3.63) is 91.7 Å². The fourth-order valence-electron chi connectivity index (χ4n) is 4.60. The molecule has 0 fully saturated rings. The van der Waals surface area contributed by atoms with Crippen molar-refractivity contribution >= 4 is 32.8 Å². The monoisotopic (exact) mass is 535 g/mol. The number of halogens is 1. The lowest BCUT2D eigenvalue weighted by atomic mass is 9.97. The number of carbonyl (C=O) groups is 1. The number of methoxy groups -OCH3 is 1. The van der Waals surface area contributed by atoms with Crippen molar-refractivity contribution in [1.82, 2.24) is 4.90 Å². The van der Waals surface area contributed by atoms with Gasteiger partial charge in [0.05, 0.1) is 24.1 Å². The van der Waals surface area contributed by atoms with E-state index in [9.17, 15) is 14.7 Å². The van der Waals surface area contributed by atoms with Gasteiger partial charge in [0.2, 0.25) is 12.6 Å². The Morgan fingerprint density at radius 2 is 1.89 bits per heavy atom. The van der Waals surface area contributed by atoms with Gasteiger partial charge in [-0.15, -0.1) is 0 Å². The summed E-state index contributed by atoms with van der Waals surface area (Å²) in [5.41, 5.74) is 1.69. The van der Waals surface area contributed by atoms with E-state index in [0.29, 0.717) is 28.0 Å². The fourth-order valence-corrected chi connectivity index (χ4v) is 4.96. The number of phenolic OH excluding ortho intramolecular Hbond substituents is 1. The number of phenols is 1. The van der Waals surface area contributed by atoms with Gasteiger partial charge in [-0.2, -0.15) is 0 Å². The highest BCUT2D eigenvalue weighted by atomic mass is 79.9. The number of hydrogen-bond acceptors (Lipinski definition) is 7. The average molecular weight is 536 g/mol. The van der Waals surface area contributed by atoms with Crippen molar-refractivity contribution in [3.63, 3.8) is 0 Å². The Morgan fingerprint density at radius 3 is 2.71 bits per heavy atom. The Hall–Kier alpha value is -3.98. The average Bonchev–Trinajstić information content (AvgIpc) is 3.43. The van der Waals surface area contributed by atoms with E-state index in [1.807, 2.05) is 12.1 Å². The smallest absolute Gasteiger partial charge is 0.291 e. The van der Waals surface area contributed by atoms with Gasteiger partial charge >= 0.3 is 0 Å². The molecule has 176 valence electrons. The number of nitrogens with zero attached hydrogens (tertiary/aromatic N) is 1. The zero-order chi connectivity index (χ0) is 24.3. The summed E-state index contributed by atoms with van der Waals surface area (Å²) in [6.45, 7) is 0.330. The van der Waals surface area contributed by atoms with E-state index in [2.05, 4.69) is 15.9 Å². The standard InChI is InChI=1S/C26H18BrNO7/c1-32-20-9-14(3-5-17(20)29)23-22-24(30)16-10-15(27)4-7-18(16)35-25(22)26(31)28(23)11-13-2-6-19-21(8-13)34-12-33-19/h2-10,23,29H,11-12H2,1H3. The normalized spacial score (nSPS) is 16.1. The number of amides is 1. The number of hydrogen-bond donors (Lipinski definition) is 1. The highest BCUT2D eigenvalue weighted by Crippen LogP contribution is 2.42. The first kappa shape index (κ1) is 21.5. The van der Waals surface area contributed by atoms with Crippen LogP contribution >= 0.6 is 15.9 Å². The molecule has 1 atom stereocenters. The van der Waals surface area contributed by atoms with E-state index in [1.54, 1.807) is 41.3 Å². The second-order valence-electron chi connectivity index (χ2n) is 8.27. The molecule has 9 heteroatoms. The van der Waals surface area contributed by atoms with Crippen LogP contribution in [0.25, 0.3) is 11.0 Å². The summed E-state index contributed by atoms with van der Waals surface area (Å²) in [6, 6.07) is 14.6. The third-order valence-corrected chi connectivity index (χ3v) is 6.73. The molecule has 6 rings (SSSR count). The molecule has 1 N–H and O–H groups in total. The Balaban J connectivity index is 1.54. The van der Waals surface area contributed by atoms with Crippen LogP contribution in [0.5, 0.6) is 23.0 Å². The number of rotatable bonds is 4. The molecule has 35 heavy (non-hydrogen) atoms. The third-order valence-electron chi connectivity index (χ3n) is 6.24. The Bertz CT molecular complexity index is 1580. The van der Waals surface area contributed by atoms with Gasteiger partial charge < -0.3 is 28.6 Å². The van der Waals surface area contributed by atoms with Crippen LogP contribution in [-0.2, 0) is 6.54 Å². The molecule has 8 nitrogen and oxygen atoms in total. The molecule has 1 amide bonds. The summed E-state index contributed by atoms with van der Waals surface area (Å²) in [5.74, 6) is 1.02. The fraction of sp³-hybridized carbons (Fsp3) is 0.154. The van der Waals surface area contributed by atoms with Crippen LogP contribution in [0.15, 0.2) is 68.3 Å². The lowest BCUT2D eigenvalue weighted by Gasteiger charge is -2.25. The first-order valence-corrected chi connectivity index (χ1v) is 11.6. The second kappa shape index (κ2) is 8.06. The molecule has 3 aromatic carbocycles. The molecule has 0 spiro atoms. The maximum absolute atomic E-state index is 13.7. The van der Waals surface area contributed by atoms with Crippen molar-refractivity contribution in [2.45, 2.75) is 12.6 Å². The van der Waals surface area contributed by atoms with Gasteiger partial charge in [-0.05, 0) is 53.6 Å². The molecule has 0 aliphatic carbocycles. The molecule has 0 saturated heterocycles. The molecule has 2 aliphatic heterocycles.